The summed E-state index contributed by atoms with van der Waals surface area (Å²) in [6.07, 6.45) is 0. The van der Waals surface area contributed by atoms with E-state index in [4.69, 9.17) is 8.83 Å². The molecule has 4 nitrogen and oxygen atoms in total. The third-order valence-corrected chi connectivity index (χ3v) is 3.62. The van der Waals surface area contributed by atoms with Gasteiger partial charge < -0.3 is 8.83 Å². The van der Waals surface area contributed by atoms with Crippen molar-refractivity contribution >= 4 is 32.7 Å². The van der Waals surface area contributed by atoms with Crippen LogP contribution >= 0.6 is 0 Å². The first kappa shape index (κ1) is 11.9. The van der Waals surface area contributed by atoms with Crippen LogP contribution in [0.4, 0.5) is 0 Å². The summed E-state index contributed by atoms with van der Waals surface area (Å²) in [7, 11) is 0. The van der Waals surface area contributed by atoms with Crippen molar-refractivity contribution in [1.29, 1.82) is 0 Å². The fourth-order valence-corrected chi connectivity index (χ4v) is 2.65. The Morgan fingerprint density at radius 1 is 0.810 bits per heavy atom. The van der Waals surface area contributed by atoms with Gasteiger partial charge in [-0.15, -0.1) is 0 Å². The van der Waals surface area contributed by atoms with Gasteiger partial charge in [0.1, 0.15) is 11.0 Å². The molecule has 0 amide bonds. The number of rotatable bonds is 0. The molecule has 0 N–H and O–H groups in total. The highest BCUT2D eigenvalue weighted by Gasteiger charge is 2.15. The van der Waals surface area contributed by atoms with Gasteiger partial charge in [0.2, 0.25) is 0 Å². The summed E-state index contributed by atoms with van der Waals surface area (Å²) >= 11 is 0. The van der Waals surface area contributed by atoms with Crippen molar-refractivity contribution in [3.8, 4) is 0 Å². The van der Waals surface area contributed by atoms with E-state index in [1.54, 1.807) is 30.3 Å². The minimum Gasteiger partial charge on any atom is -0.422 e. The number of hydrogen-bond donors (Lipinski definition) is 0. The van der Waals surface area contributed by atoms with Crippen LogP contribution in [-0.2, 0) is 0 Å². The number of aryl methyl sites for hydroxylation is 1. The van der Waals surface area contributed by atoms with Crippen LogP contribution in [0.3, 0.4) is 0 Å². The topological polar surface area (TPSA) is 60.4 Å². The smallest absolute Gasteiger partial charge is 0.348 e. The van der Waals surface area contributed by atoms with Crippen LogP contribution in [0.25, 0.3) is 32.7 Å². The Morgan fingerprint density at radius 2 is 1.57 bits per heavy atom. The van der Waals surface area contributed by atoms with Gasteiger partial charge in [0.15, 0.2) is 5.58 Å². The highest BCUT2D eigenvalue weighted by Crippen LogP contribution is 2.27. The SMILES string of the molecule is Cc1ccc2oc(=O)c3c4ccccc4c(=O)oc3c2c1. The lowest BCUT2D eigenvalue weighted by molar-refractivity contribution is 0.548. The molecule has 0 atom stereocenters. The molecular formula is C17H10O4. The zero-order valence-electron chi connectivity index (χ0n) is 11.2. The first-order chi connectivity index (χ1) is 10.1. The lowest BCUT2D eigenvalue weighted by Crippen LogP contribution is -2.07. The van der Waals surface area contributed by atoms with E-state index in [0.29, 0.717) is 27.1 Å². The first-order valence-electron chi connectivity index (χ1n) is 6.54. The Balaban J connectivity index is 2.43. The molecule has 2 heterocycles. The Labute approximate surface area is 118 Å². The Bertz CT molecular complexity index is 1130. The Hall–Kier alpha value is -2.88. The number of hydrogen-bond acceptors (Lipinski definition) is 4. The highest BCUT2D eigenvalue weighted by molar-refractivity contribution is 6.11. The molecule has 4 heteroatoms. The number of fused-ring (bicyclic) bond motifs is 5. The van der Waals surface area contributed by atoms with Gasteiger partial charge in [-0.2, -0.15) is 0 Å². The van der Waals surface area contributed by atoms with Crippen LogP contribution in [-0.4, -0.2) is 0 Å². The van der Waals surface area contributed by atoms with Crippen LogP contribution in [0, 0.1) is 6.92 Å². The number of benzene rings is 2. The molecule has 0 spiro atoms. The third kappa shape index (κ3) is 1.62. The predicted octanol–water partition coefficient (Wildman–Crippen LogP) is 3.36. The van der Waals surface area contributed by atoms with Crippen molar-refractivity contribution < 1.29 is 8.83 Å². The Kier molecular flexibility index (Phi) is 2.30. The van der Waals surface area contributed by atoms with Crippen LogP contribution in [0.15, 0.2) is 60.9 Å². The second kappa shape index (κ2) is 4.06. The minimum atomic E-state index is -0.499. The zero-order valence-corrected chi connectivity index (χ0v) is 11.2. The summed E-state index contributed by atoms with van der Waals surface area (Å²) in [6.45, 7) is 1.93. The molecule has 4 aromatic rings. The standard InChI is InChI=1S/C17H10O4/c1-9-6-7-13-12(8-9)15-14(17(19)20-13)10-4-2-3-5-11(10)16(18)21-15/h2-8H,1H3. The van der Waals surface area contributed by atoms with Crippen LogP contribution in [0.1, 0.15) is 5.56 Å². The van der Waals surface area contributed by atoms with E-state index in [1.165, 1.54) is 0 Å². The molecule has 2 aromatic heterocycles. The van der Waals surface area contributed by atoms with Crippen molar-refractivity contribution in [2.45, 2.75) is 6.92 Å². The summed E-state index contributed by atoms with van der Waals surface area (Å²) in [6, 6.07) is 12.3. The molecule has 0 aliphatic heterocycles. The fraction of sp³-hybridized carbons (Fsp3) is 0.0588. The van der Waals surface area contributed by atoms with E-state index in [2.05, 4.69) is 0 Å². The molecule has 0 fully saturated rings. The second-order valence-corrected chi connectivity index (χ2v) is 5.03. The first-order valence-corrected chi connectivity index (χ1v) is 6.54. The lowest BCUT2D eigenvalue weighted by atomic mass is 10.1. The van der Waals surface area contributed by atoms with Crippen LogP contribution < -0.4 is 11.3 Å². The lowest BCUT2D eigenvalue weighted by Gasteiger charge is -2.04. The zero-order chi connectivity index (χ0) is 14.6. The van der Waals surface area contributed by atoms with Gasteiger partial charge in [-0.25, -0.2) is 9.59 Å². The van der Waals surface area contributed by atoms with Crippen molar-refractivity contribution in [2.75, 3.05) is 0 Å². The molecule has 2 aromatic carbocycles. The van der Waals surface area contributed by atoms with Gasteiger partial charge >= 0.3 is 11.3 Å². The van der Waals surface area contributed by atoms with Gasteiger partial charge in [0.05, 0.1) is 10.8 Å². The average molecular weight is 278 g/mol. The summed E-state index contributed by atoms with van der Waals surface area (Å²) in [5, 5.41) is 1.88. The van der Waals surface area contributed by atoms with Crippen LogP contribution in [0.2, 0.25) is 0 Å². The van der Waals surface area contributed by atoms with E-state index in [0.717, 1.165) is 5.56 Å². The summed E-state index contributed by atoms with van der Waals surface area (Å²) < 4.78 is 10.8. The predicted molar refractivity (Wildman–Crippen MR) is 80.8 cm³/mol. The maximum Gasteiger partial charge on any atom is 0.348 e. The third-order valence-electron chi connectivity index (χ3n) is 3.62. The molecule has 0 saturated heterocycles. The molecule has 0 unspecified atom stereocenters. The molecule has 102 valence electrons. The molecule has 21 heavy (non-hydrogen) atoms. The van der Waals surface area contributed by atoms with Crippen molar-refractivity contribution in [3.05, 3.63) is 68.9 Å². The molecule has 0 radical (unpaired) electrons. The van der Waals surface area contributed by atoms with Crippen molar-refractivity contribution in [1.82, 2.24) is 0 Å². The molecular weight excluding hydrogens is 268 g/mol. The van der Waals surface area contributed by atoms with Crippen molar-refractivity contribution in [2.24, 2.45) is 0 Å². The second-order valence-electron chi connectivity index (χ2n) is 5.03. The quantitative estimate of drug-likeness (QED) is 0.365. The van der Waals surface area contributed by atoms with E-state index in [-0.39, 0.29) is 5.58 Å². The van der Waals surface area contributed by atoms with E-state index < -0.39 is 11.3 Å². The highest BCUT2D eigenvalue weighted by atomic mass is 16.4. The van der Waals surface area contributed by atoms with Gasteiger partial charge in [-0.05, 0) is 25.1 Å². The van der Waals surface area contributed by atoms with Crippen LogP contribution in [0.5, 0.6) is 0 Å². The van der Waals surface area contributed by atoms with Crippen molar-refractivity contribution in [3.63, 3.8) is 0 Å². The maximum absolute atomic E-state index is 12.3. The summed E-state index contributed by atoms with van der Waals surface area (Å²) in [4.78, 5) is 24.4. The Morgan fingerprint density at radius 3 is 2.38 bits per heavy atom. The molecule has 0 aliphatic carbocycles. The van der Waals surface area contributed by atoms with Gasteiger partial charge in [-0.3, -0.25) is 0 Å². The summed E-state index contributed by atoms with van der Waals surface area (Å²) in [5.41, 5.74) is 0.742. The largest absolute Gasteiger partial charge is 0.422 e. The van der Waals surface area contributed by atoms with E-state index in [9.17, 15) is 9.59 Å². The minimum absolute atomic E-state index is 0.286. The monoisotopic (exact) mass is 278 g/mol. The molecule has 0 saturated carbocycles. The molecule has 0 bridgehead atoms. The molecule has 0 aliphatic rings. The van der Waals surface area contributed by atoms with Gasteiger partial charge in [0.25, 0.3) is 0 Å². The summed E-state index contributed by atoms with van der Waals surface area (Å²) in [5.74, 6) is 0. The van der Waals surface area contributed by atoms with Gasteiger partial charge in [0, 0.05) is 5.39 Å². The van der Waals surface area contributed by atoms with Gasteiger partial charge in [-0.1, -0.05) is 29.8 Å². The average Bonchev–Trinajstić information content (AvgIpc) is 2.48. The maximum atomic E-state index is 12.3. The van der Waals surface area contributed by atoms with E-state index in [1.807, 2.05) is 19.1 Å². The fourth-order valence-electron chi connectivity index (χ4n) is 2.65. The normalized spacial score (nSPS) is 11.5. The van der Waals surface area contributed by atoms with E-state index >= 15 is 0 Å². The molecule has 4 rings (SSSR count).